The summed E-state index contributed by atoms with van der Waals surface area (Å²) in [6.07, 6.45) is 3.77. The second-order valence-electron chi connectivity index (χ2n) is 6.60. The van der Waals surface area contributed by atoms with Crippen LogP contribution in [0.1, 0.15) is 43.7 Å². The van der Waals surface area contributed by atoms with E-state index in [1.165, 1.54) is 16.7 Å². The molecule has 0 aliphatic carbocycles. The Hall–Kier alpha value is -3.26. The number of nitrogens with one attached hydrogen (secondary N) is 2. The summed E-state index contributed by atoms with van der Waals surface area (Å²) in [6, 6.07) is 13.9. The van der Waals surface area contributed by atoms with Crippen molar-refractivity contribution in [2.75, 3.05) is 13.7 Å². The molecule has 1 amide bonds. The van der Waals surface area contributed by atoms with Gasteiger partial charge in [-0.15, -0.1) is 0 Å². The molecule has 1 aromatic heterocycles. The first-order valence-electron chi connectivity index (χ1n) is 10.4. The van der Waals surface area contributed by atoms with Crippen LogP contribution in [0.3, 0.4) is 0 Å². The fraction of sp³-hybridized carbons (Fsp3) is 0.292. The molecule has 2 N–H and O–H groups in total. The summed E-state index contributed by atoms with van der Waals surface area (Å²) in [5.41, 5.74) is 3.32. The van der Waals surface area contributed by atoms with Gasteiger partial charge in [0, 0.05) is 6.54 Å². The molecule has 170 valence electrons. The molecule has 1 aliphatic heterocycles. The first-order valence-corrected chi connectivity index (χ1v) is 11.2. The Kier molecular flexibility index (Phi) is 10.3. The summed E-state index contributed by atoms with van der Waals surface area (Å²) in [7, 11) is 1.61. The number of aliphatic imine (C=N–C) groups is 1. The average molecular weight is 455 g/mol. The second kappa shape index (κ2) is 13.2. The lowest BCUT2D eigenvalue weighted by Gasteiger charge is -2.14. The number of oxazole rings is 1. The topological polar surface area (TPSA) is 88.8 Å². The summed E-state index contributed by atoms with van der Waals surface area (Å²) in [4.78, 5) is 20.2. The van der Waals surface area contributed by atoms with Gasteiger partial charge in [-0.05, 0) is 61.2 Å². The molecule has 1 aliphatic rings. The third-order valence-corrected chi connectivity index (χ3v) is 5.31. The van der Waals surface area contributed by atoms with Crippen LogP contribution in [0.25, 0.3) is 0 Å². The predicted octanol–water partition coefficient (Wildman–Crippen LogP) is 5.24. The number of hydrogen-bond donors (Lipinski definition) is 2. The standard InChI is InChI=1S/C13H14N2O3.C9H10N2S.C2H6/c1-17-11-4-2-3-10(7-11)12(8-14-9-16)13-15-5-6-18-13;1-6-3-4-8-9(5-6)12-11-7(2)10-8;1-2/h2-7,9,12H,8H2,1H3,(H,14,16);3-5H,1-2H3,(H,10,11);1-2H3. The Morgan fingerprint density at radius 2 is 2.03 bits per heavy atom. The van der Waals surface area contributed by atoms with Crippen molar-refractivity contribution in [3.05, 3.63) is 71.9 Å². The number of benzene rings is 2. The quantitative estimate of drug-likeness (QED) is 0.391. The summed E-state index contributed by atoms with van der Waals surface area (Å²) in [5, 5.41) is 2.65. The molecule has 2 aromatic carbocycles. The number of nitrogens with zero attached hydrogens (tertiary/aromatic N) is 2. The Labute approximate surface area is 193 Å². The number of rotatable bonds is 6. The molecule has 1 atom stereocenters. The molecule has 0 saturated carbocycles. The van der Waals surface area contributed by atoms with E-state index in [0.29, 0.717) is 18.8 Å². The molecule has 2 heterocycles. The zero-order valence-electron chi connectivity index (χ0n) is 19.1. The van der Waals surface area contributed by atoms with Crippen LogP contribution in [0.15, 0.2) is 69.2 Å². The van der Waals surface area contributed by atoms with Gasteiger partial charge < -0.3 is 19.2 Å². The van der Waals surface area contributed by atoms with Crippen molar-refractivity contribution in [1.82, 2.24) is 15.0 Å². The number of amides is 1. The largest absolute Gasteiger partial charge is 0.497 e. The molecule has 0 radical (unpaired) electrons. The van der Waals surface area contributed by atoms with E-state index in [1.54, 1.807) is 25.3 Å². The molecule has 4 rings (SSSR count). The molecule has 8 heteroatoms. The van der Waals surface area contributed by atoms with E-state index < -0.39 is 0 Å². The number of carbonyl (C=O) groups is 1. The number of amidine groups is 1. The van der Waals surface area contributed by atoms with Crippen molar-refractivity contribution in [3.8, 4) is 5.75 Å². The van der Waals surface area contributed by atoms with Crippen molar-refractivity contribution < 1.29 is 13.9 Å². The van der Waals surface area contributed by atoms with Gasteiger partial charge in [-0.3, -0.25) is 4.79 Å². The molecule has 7 nitrogen and oxygen atoms in total. The van der Waals surface area contributed by atoms with Crippen LogP contribution >= 0.6 is 11.9 Å². The van der Waals surface area contributed by atoms with Gasteiger partial charge in [0.25, 0.3) is 0 Å². The third kappa shape index (κ3) is 7.16. The van der Waals surface area contributed by atoms with Crippen LogP contribution in [-0.4, -0.2) is 30.9 Å². The molecule has 1 unspecified atom stereocenters. The van der Waals surface area contributed by atoms with Gasteiger partial charge in [-0.25, -0.2) is 9.98 Å². The second-order valence-corrected chi connectivity index (χ2v) is 7.45. The van der Waals surface area contributed by atoms with Crippen molar-refractivity contribution in [2.45, 2.75) is 38.5 Å². The minimum Gasteiger partial charge on any atom is -0.497 e. The minimum absolute atomic E-state index is 0.125. The lowest BCUT2D eigenvalue weighted by atomic mass is 9.99. The number of hydrogen-bond acceptors (Lipinski definition) is 7. The summed E-state index contributed by atoms with van der Waals surface area (Å²) < 4.78 is 13.6. The fourth-order valence-corrected chi connectivity index (χ4v) is 3.67. The maximum absolute atomic E-state index is 10.4. The molecule has 0 saturated heterocycles. The Balaban J connectivity index is 0.000000224. The van der Waals surface area contributed by atoms with Crippen LogP contribution < -0.4 is 14.8 Å². The number of aryl methyl sites for hydroxylation is 1. The molecule has 32 heavy (non-hydrogen) atoms. The highest BCUT2D eigenvalue weighted by molar-refractivity contribution is 7.98. The number of ether oxygens (including phenoxy) is 1. The highest BCUT2D eigenvalue weighted by atomic mass is 32.2. The fourth-order valence-electron chi connectivity index (χ4n) is 2.91. The first-order chi connectivity index (χ1) is 15.6. The van der Waals surface area contributed by atoms with Gasteiger partial charge in [-0.1, -0.05) is 32.0 Å². The number of aromatic nitrogens is 1. The van der Waals surface area contributed by atoms with Gasteiger partial charge in [0.05, 0.1) is 29.8 Å². The van der Waals surface area contributed by atoms with Gasteiger partial charge in [0.1, 0.15) is 17.8 Å². The van der Waals surface area contributed by atoms with Crippen LogP contribution in [0.5, 0.6) is 5.75 Å². The van der Waals surface area contributed by atoms with Gasteiger partial charge in [0.15, 0.2) is 0 Å². The molecule has 3 aromatic rings. The highest BCUT2D eigenvalue weighted by Crippen LogP contribution is 2.31. The van der Waals surface area contributed by atoms with E-state index in [0.717, 1.165) is 22.8 Å². The van der Waals surface area contributed by atoms with E-state index in [4.69, 9.17) is 9.15 Å². The van der Waals surface area contributed by atoms with Gasteiger partial charge in [-0.2, -0.15) is 0 Å². The van der Waals surface area contributed by atoms with E-state index in [9.17, 15) is 4.79 Å². The Bertz CT molecular complexity index is 1010. The van der Waals surface area contributed by atoms with E-state index in [-0.39, 0.29) is 5.92 Å². The molecule has 0 bridgehead atoms. The monoisotopic (exact) mass is 454 g/mol. The van der Waals surface area contributed by atoms with Crippen LogP contribution in [-0.2, 0) is 4.79 Å². The maximum atomic E-state index is 10.4. The Morgan fingerprint density at radius 3 is 2.72 bits per heavy atom. The van der Waals surface area contributed by atoms with Crippen molar-refractivity contribution in [3.63, 3.8) is 0 Å². The molecular formula is C24H30N4O3S. The van der Waals surface area contributed by atoms with Crippen molar-refractivity contribution in [1.29, 1.82) is 0 Å². The van der Waals surface area contributed by atoms with E-state index >= 15 is 0 Å². The number of fused-ring (bicyclic) bond motifs is 1. The normalized spacial score (nSPS) is 12.3. The van der Waals surface area contributed by atoms with Crippen LogP contribution in [0.2, 0.25) is 0 Å². The highest BCUT2D eigenvalue weighted by Gasteiger charge is 2.18. The summed E-state index contributed by atoms with van der Waals surface area (Å²) in [5.74, 6) is 2.17. The Morgan fingerprint density at radius 1 is 1.22 bits per heavy atom. The zero-order chi connectivity index (χ0) is 23.3. The van der Waals surface area contributed by atoms with Crippen LogP contribution in [0, 0.1) is 6.92 Å². The SMILES string of the molecule is CC.CC1=Nc2ccc(C)cc2SN1.COc1cccc(C(CNC=O)c2ncco2)c1. The van der Waals surface area contributed by atoms with Crippen molar-refractivity contribution in [2.24, 2.45) is 4.99 Å². The predicted molar refractivity (Wildman–Crippen MR) is 130 cm³/mol. The number of methoxy groups -OCH3 is 1. The summed E-state index contributed by atoms with van der Waals surface area (Å²) in [6.45, 7) is 8.49. The van der Waals surface area contributed by atoms with Gasteiger partial charge >= 0.3 is 0 Å². The first kappa shape index (κ1) is 25.0. The van der Waals surface area contributed by atoms with E-state index in [1.807, 2.05) is 45.0 Å². The molecule has 0 fully saturated rings. The minimum atomic E-state index is -0.125. The van der Waals surface area contributed by atoms with Crippen LogP contribution in [0.4, 0.5) is 5.69 Å². The van der Waals surface area contributed by atoms with Gasteiger partial charge in [0.2, 0.25) is 12.3 Å². The lowest BCUT2D eigenvalue weighted by molar-refractivity contribution is -0.109. The summed E-state index contributed by atoms with van der Waals surface area (Å²) >= 11 is 1.63. The zero-order valence-corrected chi connectivity index (χ0v) is 19.9. The van der Waals surface area contributed by atoms with Crippen molar-refractivity contribution >= 4 is 29.9 Å². The van der Waals surface area contributed by atoms with E-state index in [2.05, 4.69) is 45.1 Å². The smallest absolute Gasteiger partial charge is 0.207 e. The lowest BCUT2D eigenvalue weighted by Crippen LogP contribution is -2.21. The maximum Gasteiger partial charge on any atom is 0.207 e. The third-order valence-electron chi connectivity index (χ3n) is 4.36. The number of carbonyl (C=O) groups excluding carboxylic acids is 1. The average Bonchev–Trinajstić information content (AvgIpc) is 3.36. The molecule has 0 spiro atoms. The molecular weight excluding hydrogens is 424 g/mol.